The van der Waals surface area contributed by atoms with Crippen molar-refractivity contribution in [1.29, 1.82) is 0 Å². The fraction of sp³-hybridized carbons (Fsp3) is 0.444. The fourth-order valence-electron chi connectivity index (χ4n) is 1.07. The molecule has 0 amide bonds. The summed E-state index contributed by atoms with van der Waals surface area (Å²) in [5.74, 6) is 0.589. The zero-order valence-electron chi connectivity index (χ0n) is 8.73. The first kappa shape index (κ1) is 11.2. The third kappa shape index (κ3) is 3.08. The molecule has 6 heteroatoms. The van der Waals surface area contributed by atoms with Crippen LogP contribution in [-0.4, -0.2) is 15.9 Å². The summed E-state index contributed by atoms with van der Waals surface area (Å²) in [5, 5.41) is 13.6. The van der Waals surface area contributed by atoms with Crippen molar-refractivity contribution >= 4 is 17.3 Å². The van der Waals surface area contributed by atoms with Crippen molar-refractivity contribution in [2.24, 2.45) is 0 Å². The minimum absolute atomic E-state index is 0.0479. The largest absolute Gasteiger partial charge is 0.383 e. The Kier molecular flexibility index (Phi) is 3.43. The Bertz CT molecular complexity index is 367. The molecular formula is C9H14N4O2. The van der Waals surface area contributed by atoms with Gasteiger partial charge >= 0.3 is 0 Å². The number of aromatic nitrogens is 1. The summed E-state index contributed by atoms with van der Waals surface area (Å²) in [6.07, 6.45) is 0.907. The lowest BCUT2D eigenvalue weighted by Gasteiger charge is -2.11. The number of hydrogen-bond acceptors (Lipinski definition) is 5. The Labute approximate surface area is 87.7 Å². The number of nitrogens with zero attached hydrogens (tertiary/aromatic N) is 2. The molecule has 0 saturated heterocycles. The van der Waals surface area contributed by atoms with Gasteiger partial charge in [-0.2, -0.15) is 0 Å². The molecule has 0 fully saturated rings. The number of rotatable bonds is 4. The van der Waals surface area contributed by atoms with Crippen molar-refractivity contribution in [2.75, 3.05) is 11.1 Å². The van der Waals surface area contributed by atoms with Crippen LogP contribution in [-0.2, 0) is 0 Å². The second kappa shape index (κ2) is 4.59. The number of nitrogens with one attached hydrogen (secondary N) is 1. The van der Waals surface area contributed by atoms with Crippen molar-refractivity contribution in [3.8, 4) is 0 Å². The number of pyridine rings is 1. The zero-order valence-corrected chi connectivity index (χ0v) is 8.73. The van der Waals surface area contributed by atoms with E-state index in [9.17, 15) is 10.1 Å². The molecular weight excluding hydrogens is 196 g/mol. The summed E-state index contributed by atoms with van der Waals surface area (Å²) in [4.78, 5) is 14.0. The minimum Gasteiger partial charge on any atom is -0.383 e. The highest BCUT2D eigenvalue weighted by molar-refractivity contribution is 5.52. The second-order valence-corrected chi connectivity index (χ2v) is 3.35. The van der Waals surface area contributed by atoms with Crippen LogP contribution >= 0.6 is 0 Å². The van der Waals surface area contributed by atoms with Crippen LogP contribution < -0.4 is 11.1 Å². The summed E-state index contributed by atoms with van der Waals surface area (Å²) in [6, 6.07) is 2.82. The Morgan fingerprint density at radius 2 is 2.33 bits per heavy atom. The van der Waals surface area contributed by atoms with E-state index in [1.807, 2.05) is 13.8 Å². The maximum absolute atomic E-state index is 10.6. The van der Waals surface area contributed by atoms with Gasteiger partial charge in [0.1, 0.15) is 11.6 Å². The first-order valence-electron chi connectivity index (χ1n) is 4.71. The van der Waals surface area contributed by atoms with Crippen molar-refractivity contribution in [2.45, 2.75) is 26.3 Å². The van der Waals surface area contributed by atoms with Gasteiger partial charge in [0.05, 0.1) is 17.1 Å². The topological polar surface area (TPSA) is 94.1 Å². The quantitative estimate of drug-likeness (QED) is 0.583. The number of anilines is 2. The van der Waals surface area contributed by atoms with Crippen LogP contribution in [0, 0.1) is 10.1 Å². The lowest BCUT2D eigenvalue weighted by Crippen LogP contribution is -2.15. The Balaban J connectivity index is 2.93. The summed E-state index contributed by atoms with van der Waals surface area (Å²) < 4.78 is 0. The van der Waals surface area contributed by atoms with E-state index < -0.39 is 4.92 Å². The molecule has 1 rings (SSSR count). The van der Waals surface area contributed by atoms with Gasteiger partial charge in [-0.1, -0.05) is 6.92 Å². The van der Waals surface area contributed by atoms with Crippen molar-refractivity contribution < 1.29 is 4.92 Å². The van der Waals surface area contributed by atoms with Crippen LogP contribution in [0.4, 0.5) is 17.3 Å². The molecule has 0 bridgehead atoms. The predicted molar refractivity (Wildman–Crippen MR) is 58.7 cm³/mol. The Morgan fingerprint density at radius 3 is 2.87 bits per heavy atom. The van der Waals surface area contributed by atoms with E-state index in [0.29, 0.717) is 5.82 Å². The SMILES string of the molecule is CCC(C)Nc1cc([N+](=O)[O-])cc(N)n1. The van der Waals surface area contributed by atoms with Gasteiger partial charge in [0, 0.05) is 6.04 Å². The van der Waals surface area contributed by atoms with Crippen molar-refractivity contribution in [3.63, 3.8) is 0 Å². The highest BCUT2D eigenvalue weighted by Gasteiger charge is 2.10. The summed E-state index contributed by atoms with van der Waals surface area (Å²) in [5.41, 5.74) is 5.41. The van der Waals surface area contributed by atoms with E-state index in [1.54, 1.807) is 0 Å². The van der Waals surface area contributed by atoms with Crippen LogP contribution in [0.2, 0.25) is 0 Å². The molecule has 82 valence electrons. The van der Waals surface area contributed by atoms with Gasteiger partial charge in [0.2, 0.25) is 0 Å². The standard InChI is InChI=1S/C9H14N4O2/c1-3-6(2)11-9-5-7(13(14)15)4-8(10)12-9/h4-6H,3H2,1-2H3,(H3,10,11,12). The molecule has 3 N–H and O–H groups in total. The highest BCUT2D eigenvalue weighted by atomic mass is 16.6. The molecule has 0 aliphatic carbocycles. The molecule has 15 heavy (non-hydrogen) atoms. The zero-order chi connectivity index (χ0) is 11.4. The molecule has 1 aromatic rings. The third-order valence-electron chi connectivity index (χ3n) is 2.05. The molecule has 1 aromatic heterocycles. The lowest BCUT2D eigenvalue weighted by atomic mass is 10.2. The van der Waals surface area contributed by atoms with Crippen molar-refractivity contribution in [1.82, 2.24) is 4.98 Å². The molecule has 1 atom stereocenters. The van der Waals surface area contributed by atoms with Crippen LogP contribution in [0.15, 0.2) is 12.1 Å². The normalized spacial score (nSPS) is 12.1. The van der Waals surface area contributed by atoms with Crippen LogP contribution in [0.1, 0.15) is 20.3 Å². The molecule has 0 spiro atoms. The molecule has 0 aliphatic rings. The van der Waals surface area contributed by atoms with Crippen molar-refractivity contribution in [3.05, 3.63) is 22.2 Å². The van der Waals surface area contributed by atoms with Gasteiger partial charge in [-0.25, -0.2) is 4.98 Å². The molecule has 0 saturated carbocycles. The molecule has 0 aromatic carbocycles. The van der Waals surface area contributed by atoms with E-state index >= 15 is 0 Å². The second-order valence-electron chi connectivity index (χ2n) is 3.35. The van der Waals surface area contributed by atoms with Crippen LogP contribution in [0.3, 0.4) is 0 Å². The molecule has 6 nitrogen and oxygen atoms in total. The average molecular weight is 210 g/mol. The van der Waals surface area contributed by atoms with E-state index in [0.717, 1.165) is 6.42 Å². The summed E-state index contributed by atoms with van der Waals surface area (Å²) in [7, 11) is 0. The van der Waals surface area contributed by atoms with Gasteiger partial charge in [0.25, 0.3) is 5.69 Å². The number of nitrogen functional groups attached to an aromatic ring is 1. The average Bonchev–Trinajstić information content (AvgIpc) is 2.16. The fourth-order valence-corrected chi connectivity index (χ4v) is 1.07. The van der Waals surface area contributed by atoms with E-state index in [-0.39, 0.29) is 17.5 Å². The molecule has 1 unspecified atom stereocenters. The molecule has 0 radical (unpaired) electrons. The Morgan fingerprint density at radius 1 is 1.67 bits per heavy atom. The number of nitro groups is 1. The maximum atomic E-state index is 10.6. The first-order chi connectivity index (χ1) is 7.02. The smallest absolute Gasteiger partial charge is 0.276 e. The van der Waals surface area contributed by atoms with E-state index in [1.165, 1.54) is 12.1 Å². The monoisotopic (exact) mass is 210 g/mol. The van der Waals surface area contributed by atoms with Gasteiger partial charge in [-0.05, 0) is 13.3 Å². The number of hydrogen-bond donors (Lipinski definition) is 2. The van der Waals surface area contributed by atoms with Gasteiger partial charge in [-0.15, -0.1) is 0 Å². The van der Waals surface area contributed by atoms with Gasteiger partial charge in [-0.3, -0.25) is 10.1 Å². The van der Waals surface area contributed by atoms with Crippen LogP contribution in [0.5, 0.6) is 0 Å². The van der Waals surface area contributed by atoms with Crippen LogP contribution in [0.25, 0.3) is 0 Å². The predicted octanol–water partition coefficient (Wildman–Crippen LogP) is 1.78. The molecule has 0 aliphatic heterocycles. The van der Waals surface area contributed by atoms with Gasteiger partial charge < -0.3 is 11.1 Å². The van der Waals surface area contributed by atoms with E-state index in [2.05, 4.69) is 10.3 Å². The minimum atomic E-state index is -0.486. The Hall–Kier alpha value is -1.85. The lowest BCUT2D eigenvalue weighted by molar-refractivity contribution is -0.384. The first-order valence-corrected chi connectivity index (χ1v) is 4.71. The summed E-state index contributed by atoms with van der Waals surface area (Å²) >= 11 is 0. The molecule has 1 heterocycles. The highest BCUT2D eigenvalue weighted by Crippen LogP contribution is 2.19. The number of nitrogens with two attached hydrogens (primary N) is 1. The third-order valence-corrected chi connectivity index (χ3v) is 2.05. The maximum Gasteiger partial charge on any atom is 0.276 e. The van der Waals surface area contributed by atoms with E-state index in [4.69, 9.17) is 5.73 Å². The van der Waals surface area contributed by atoms with Gasteiger partial charge in [0.15, 0.2) is 0 Å². The summed E-state index contributed by atoms with van der Waals surface area (Å²) in [6.45, 7) is 3.98.